The number of ether oxygens (including phenoxy) is 1. The Bertz CT molecular complexity index is 1560. The molecule has 1 aliphatic rings. The molecule has 0 bridgehead atoms. The van der Waals surface area contributed by atoms with Crippen molar-refractivity contribution in [3.63, 3.8) is 0 Å². The van der Waals surface area contributed by atoms with Crippen LogP contribution in [-0.4, -0.2) is 85.6 Å². The van der Waals surface area contributed by atoms with Crippen LogP contribution in [0.5, 0.6) is 5.75 Å². The van der Waals surface area contributed by atoms with Gasteiger partial charge in [-0.25, -0.2) is 15.1 Å². The van der Waals surface area contributed by atoms with Crippen molar-refractivity contribution in [3.8, 4) is 5.75 Å². The van der Waals surface area contributed by atoms with Crippen LogP contribution in [0.2, 0.25) is 0 Å². The molecule has 2 unspecified atom stereocenters. The van der Waals surface area contributed by atoms with E-state index in [0.29, 0.717) is 29.5 Å². The number of aromatic nitrogens is 1. The van der Waals surface area contributed by atoms with Crippen LogP contribution in [0.1, 0.15) is 30.5 Å². The monoisotopic (exact) mass is 709 g/mol. The molecule has 0 spiro atoms. The Morgan fingerprint density at radius 2 is 1.56 bits per heavy atom. The molecule has 1 aliphatic heterocycles. The normalized spacial score (nSPS) is 17.2. The van der Waals surface area contributed by atoms with Crippen LogP contribution in [-0.2, 0) is 31.8 Å². The number of nitrogens with one attached hydrogen (secondary N) is 1. The van der Waals surface area contributed by atoms with Gasteiger partial charge in [0.25, 0.3) is 0 Å². The van der Waals surface area contributed by atoms with E-state index in [2.05, 4.69) is 9.88 Å². The fourth-order valence-corrected chi connectivity index (χ4v) is 6.37. The Hall–Kier alpha value is -4.29. The van der Waals surface area contributed by atoms with Gasteiger partial charge in [0, 0.05) is 45.7 Å². The van der Waals surface area contributed by atoms with E-state index in [9.17, 15) is 35.3 Å². The zero-order valence-electron chi connectivity index (χ0n) is 25.6. The summed E-state index contributed by atoms with van der Waals surface area (Å²) >= 11 is 0. The number of likely N-dealkylation sites (tertiary alicyclic amines) is 1. The Morgan fingerprint density at radius 3 is 2.08 bits per heavy atom. The Balaban J connectivity index is 0.000000479. The van der Waals surface area contributed by atoms with Crippen LogP contribution in [0.25, 0.3) is 10.9 Å². The van der Waals surface area contributed by atoms with Crippen LogP contribution < -0.4 is 10.2 Å². The lowest BCUT2D eigenvalue weighted by Gasteiger charge is -2.40. The number of aryl methyl sites for hydroxylation is 1. The fraction of sp³-hybridized carbons (Fsp3) is 0.400. The second-order valence-corrected chi connectivity index (χ2v) is 12.3. The Labute approximate surface area is 272 Å². The van der Waals surface area contributed by atoms with Crippen LogP contribution in [0, 0.1) is 12.3 Å². The Kier molecular flexibility index (Phi) is 14.3. The number of carboxylic acid groups (broad SMARTS) is 2. The standard InChI is InChI=1S/C26H31N3O4S.2C2HF3O2/c1-19-14-20(23-6-3-4-7-24(23)27-19)16-33-21-8-10-22(11-9-21)34(32)18-26(15-25(30)28-31)12-5-13-29(2)17-26;2*3-2(4,5)1(6)7/h3-4,6-11,14,31H,5,12-13,15-18H2,1-2H3,(H,28,30);2*(H,6,7). The zero-order chi connectivity index (χ0) is 36.3. The van der Waals surface area contributed by atoms with Crippen LogP contribution in [0.4, 0.5) is 26.3 Å². The first-order chi connectivity index (χ1) is 22.3. The van der Waals surface area contributed by atoms with E-state index >= 15 is 0 Å². The average molecular weight is 710 g/mol. The predicted molar refractivity (Wildman–Crippen MR) is 160 cm³/mol. The first-order valence-electron chi connectivity index (χ1n) is 13.9. The number of carbonyl (C=O) groups excluding carboxylic acids is 1. The summed E-state index contributed by atoms with van der Waals surface area (Å²) in [5.41, 5.74) is 4.27. The molecule has 2 heterocycles. The lowest BCUT2D eigenvalue weighted by molar-refractivity contribution is -0.193. The van der Waals surface area contributed by atoms with E-state index in [4.69, 9.17) is 29.7 Å². The van der Waals surface area contributed by atoms with Crippen molar-refractivity contribution < 1.29 is 65.1 Å². The fourth-order valence-electron chi connectivity index (χ4n) is 4.87. The van der Waals surface area contributed by atoms with Crippen molar-refractivity contribution in [1.29, 1.82) is 0 Å². The minimum absolute atomic E-state index is 0.153. The SMILES string of the molecule is Cc1cc(COc2ccc(S(=O)CC3(CC(=O)NO)CCCN(C)C3)cc2)c2ccccc2n1.O=C(O)C(F)(F)F.O=C(O)C(F)(F)F. The van der Waals surface area contributed by atoms with Gasteiger partial charge in [-0.2, -0.15) is 26.3 Å². The second kappa shape index (κ2) is 17.2. The highest BCUT2D eigenvalue weighted by atomic mass is 32.2. The first kappa shape index (κ1) is 39.9. The van der Waals surface area contributed by atoms with Crippen LogP contribution in [0.3, 0.4) is 0 Å². The molecule has 1 saturated heterocycles. The average Bonchev–Trinajstić information content (AvgIpc) is 2.99. The van der Waals surface area contributed by atoms with E-state index in [1.54, 1.807) is 5.48 Å². The van der Waals surface area contributed by atoms with Crippen LogP contribution in [0.15, 0.2) is 59.5 Å². The highest BCUT2D eigenvalue weighted by Gasteiger charge is 2.39. The topological polar surface area (TPSA) is 166 Å². The molecular formula is C30H33F6N3O8S. The van der Waals surface area contributed by atoms with E-state index in [0.717, 1.165) is 41.5 Å². The molecule has 4 rings (SSSR count). The third kappa shape index (κ3) is 12.7. The number of hydroxylamine groups is 1. The van der Waals surface area contributed by atoms with Crippen molar-refractivity contribution in [2.45, 2.75) is 50.0 Å². The molecule has 2 atom stereocenters. The largest absolute Gasteiger partial charge is 0.490 e. The summed E-state index contributed by atoms with van der Waals surface area (Å²) in [4.78, 5) is 37.2. The van der Waals surface area contributed by atoms with Gasteiger partial charge < -0.3 is 19.8 Å². The van der Waals surface area contributed by atoms with Crippen molar-refractivity contribution in [2.75, 3.05) is 25.9 Å². The highest BCUT2D eigenvalue weighted by molar-refractivity contribution is 7.85. The third-order valence-corrected chi connectivity index (χ3v) is 8.52. The maximum absolute atomic E-state index is 13.2. The molecule has 4 N–H and O–H groups in total. The number of carbonyl (C=O) groups is 3. The number of carboxylic acids is 2. The maximum Gasteiger partial charge on any atom is 0.490 e. The van der Waals surface area contributed by atoms with Gasteiger partial charge in [-0.1, -0.05) is 18.2 Å². The van der Waals surface area contributed by atoms with Crippen molar-refractivity contribution in [3.05, 3.63) is 65.9 Å². The van der Waals surface area contributed by atoms with Crippen LogP contribution >= 0.6 is 0 Å². The lowest BCUT2D eigenvalue weighted by atomic mass is 9.78. The number of para-hydroxylation sites is 1. The van der Waals surface area contributed by atoms with E-state index in [1.165, 1.54) is 0 Å². The molecule has 18 heteroatoms. The van der Waals surface area contributed by atoms with Crippen molar-refractivity contribution in [1.82, 2.24) is 15.4 Å². The van der Waals surface area contributed by atoms with E-state index < -0.39 is 46.4 Å². The van der Waals surface area contributed by atoms with Gasteiger partial charge >= 0.3 is 24.3 Å². The second-order valence-electron chi connectivity index (χ2n) is 10.8. The lowest BCUT2D eigenvalue weighted by Crippen LogP contribution is -2.46. The van der Waals surface area contributed by atoms with Gasteiger partial charge in [0.15, 0.2) is 0 Å². The number of hydrogen-bond donors (Lipinski definition) is 4. The van der Waals surface area contributed by atoms with Gasteiger partial charge in [-0.3, -0.25) is 19.2 Å². The summed E-state index contributed by atoms with van der Waals surface area (Å²) < 4.78 is 82.7. The van der Waals surface area contributed by atoms with Gasteiger partial charge in [0.1, 0.15) is 12.4 Å². The first-order valence-corrected chi connectivity index (χ1v) is 15.3. The highest BCUT2D eigenvalue weighted by Crippen LogP contribution is 2.35. The van der Waals surface area contributed by atoms with Crippen molar-refractivity contribution in [2.24, 2.45) is 5.41 Å². The number of halogens is 6. The predicted octanol–water partition coefficient (Wildman–Crippen LogP) is 5.10. The molecule has 48 heavy (non-hydrogen) atoms. The third-order valence-electron chi connectivity index (χ3n) is 6.85. The molecule has 264 valence electrons. The van der Waals surface area contributed by atoms with Gasteiger partial charge in [0.2, 0.25) is 5.91 Å². The molecule has 2 aromatic carbocycles. The number of aliphatic carboxylic acids is 2. The quantitative estimate of drug-likeness (QED) is 0.140. The summed E-state index contributed by atoms with van der Waals surface area (Å²) in [6.45, 7) is 4.01. The number of amides is 1. The molecule has 0 saturated carbocycles. The van der Waals surface area contributed by atoms with Crippen molar-refractivity contribution >= 4 is 39.5 Å². The minimum atomic E-state index is -5.08. The summed E-state index contributed by atoms with van der Waals surface area (Å²) in [6.07, 6.45) is -8.28. The molecule has 1 aromatic heterocycles. The molecule has 11 nitrogen and oxygen atoms in total. The molecule has 1 amide bonds. The van der Waals surface area contributed by atoms with E-state index in [1.807, 2.05) is 68.6 Å². The van der Waals surface area contributed by atoms with Gasteiger partial charge in [-0.05, 0) is 69.8 Å². The maximum atomic E-state index is 13.2. The summed E-state index contributed by atoms with van der Waals surface area (Å²) in [7, 11) is 0.732. The number of fused-ring (bicyclic) bond motifs is 1. The molecule has 0 radical (unpaired) electrons. The number of hydrogen-bond acceptors (Lipinski definition) is 8. The van der Waals surface area contributed by atoms with E-state index in [-0.39, 0.29) is 6.42 Å². The number of pyridine rings is 1. The Morgan fingerprint density at radius 1 is 1.00 bits per heavy atom. The number of benzene rings is 2. The molecular weight excluding hydrogens is 676 g/mol. The van der Waals surface area contributed by atoms with Gasteiger partial charge in [0.05, 0.1) is 16.3 Å². The summed E-state index contributed by atoms with van der Waals surface area (Å²) in [6, 6.07) is 17.4. The summed E-state index contributed by atoms with van der Waals surface area (Å²) in [5.74, 6) is -4.88. The number of rotatable bonds is 8. The number of nitrogens with zero attached hydrogens (tertiary/aromatic N) is 2. The van der Waals surface area contributed by atoms with Gasteiger partial charge in [-0.15, -0.1) is 0 Å². The minimum Gasteiger partial charge on any atom is -0.489 e. The number of alkyl halides is 6. The molecule has 0 aliphatic carbocycles. The molecule has 3 aromatic rings. The molecule has 1 fully saturated rings. The smallest absolute Gasteiger partial charge is 0.489 e. The summed E-state index contributed by atoms with van der Waals surface area (Å²) in [5, 5.41) is 24.3. The number of piperidine rings is 1. The zero-order valence-corrected chi connectivity index (χ0v) is 26.4.